The topological polar surface area (TPSA) is 110 Å². The SMILES string of the molecule is CCn1ncc(C#N)c1N=Nc1c(C(C)(C)C)nn(C)c1N. The molecule has 0 unspecified atom stereocenters. The highest BCUT2D eigenvalue weighted by Crippen LogP contribution is 2.36. The Morgan fingerprint density at radius 2 is 2.05 bits per heavy atom. The van der Waals surface area contributed by atoms with Crippen molar-refractivity contribution in [3.63, 3.8) is 0 Å². The van der Waals surface area contributed by atoms with Crippen molar-refractivity contribution in [1.29, 1.82) is 5.26 Å². The molecule has 0 fully saturated rings. The lowest BCUT2D eigenvalue weighted by atomic mass is 9.91. The van der Waals surface area contributed by atoms with Crippen LogP contribution in [0.2, 0.25) is 0 Å². The van der Waals surface area contributed by atoms with Crippen LogP contribution in [-0.2, 0) is 19.0 Å². The number of aromatic nitrogens is 4. The average molecular weight is 300 g/mol. The molecule has 0 saturated heterocycles. The maximum Gasteiger partial charge on any atom is 0.191 e. The Morgan fingerprint density at radius 3 is 2.59 bits per heavy atom. The van der Waals surface area contributed by atoms with Crippen molar-refractivity contribution in [2.75, 3.05) is 5.73 Å². The van der Waals surface area contributed by atoms with Gasteiger partial charge < -0.3 is 5.73 Å². The largest absolute Gasteiger partial charge is 0.382 e. The van der Waals surface area contributed by atoms with E-state index in [1.165, 1.54) is 6.20 Å². The van der Waals surface area contributed by atoms with Gasteiger partial charge in [0, 0.05) is 19.0 Å². The minimum atomic E-state index is -0.215. The number of rotatable bonds is 3. The van der Waals surface area contributed by atoms with Crippen molar-refractivity contribution in [3.05, 3.63) is 17.5 Å². The molecule has 8 nitrogen and oxygen atoms in total. The van der Waals surface area contributed by atoms with Crippen LogP contribution in [0.25, 0.3) is 0 Å². The summed E-state index contributed by atoms with van der Waals surface area (Å²) in [6.07, 6.45) is 1.48. The number of aryl methyl sites for hydroxylation is 2. The fraction of sp³-hybridized carbons (Fsp3) is 0.500. The smallest absolute Gasteiger partial charge is 0.191 e. The highest BCUT2D eigenvalue weighted by molar-refractivity contribution is 5.63. The van der Waals surface area contributed by atoms with Gasteiger partial charge in [0.25, 0.3) is 0 Å². The predicted octanol–water partition coefficient (Wildman–Crippen LogP) is 2.80. The first-order chi connectivity index (χ1) is 10.3. The number of nitriles is 1. The number of nitrogens with two attached hydrogens (primary N) is 1. The first-order valence-corrected chi connectivity index (χ1v) is 7.00. The standard InChI is InChI=1S/C14H20N8/c1-6-22-13(9(7-15)8-17-22)19-18-10-11(14(2,3)4)20-21(5)12(10)16/h8H,6,16H2,1-5H3. The van der Waals surface area contributed by atoms with Crippen LogP contribution in [0.5, 0.6) is 0 Å². The number of anilines is 1. The lowest BCUT2D eigenvalue weighted by molar-refractivity contribution is 0.554. The molecule has 22 heavy (non-hydrogen) atoms. The van der Waals surface area contributed by atoms with E-state index in [1.54, 1.807) is 16.4 Å². The van der Waals surface area contributed by atoms with Gasteiger partial charge in [0.2, 0.25) is 0 Å². The third kappa shape index (κ3) is 2.70. The zero-order chi connectivity index (χ0) is 16.5. The maximum atomic E-state index is 9.12. The second kappa shape index (κ2) is 5.60. The molecule has 8 heteroatoms. The predicted molar refractivity (Wildman–Crippen MR) is 83.1 cm³/mol. The molecule has 2 N–H and O–H groups in total. The normalized spacial score (nSPS) is 12.0. The van der Waals surface area contributed by atoms with E-state index < -0.39 is 0 Å². The fourth-order valence-corrected chi connectivity index (χ4v) is 2.02. The molecule has 0 bridgehead atoms. The van der Waals surface area contributed by atoms with Crippen molar-refractivity contribution < 1.29 is 0 Å². The summed E-state index contributed by atoms with van der Waals surface area (Å²) in [5.74, 6) is 0.864. The van der Waals surface area contributed by atoms with Crippen molar-refractivity contribution in [2.24, 2.45) is 17.3 Å². The van der Waals surface area contributed by atoms with Gasteiger partial charge in [0.15, 0.2) is 11.5 Å². The van der Waals surface area contributed by atoms with E-state index in [4.69, 9.17) is 11.0 Å². The minimum absolute atomic E-state index is 0.215. The third-order valence-electron chi connectivity index (χ3n) is 3.25. The third-order valence-corrected chi connectivity index (χ3v) is 3.25. The van der Waals surface area contributed by atoms with E-state index in [9.17, 15) is 0 Å². The second-order valence-corrected chi connectivity index (χ2v) is 5.97. The summed E-state index contributed by atoms with van der Waals surface area (Å²) < 4.78 is 3.20. The molecule has 116 valence electrons. The lowest BCUT2D eigenvalue weighted by Gasteiger charge is -2.15. The molecule has 0 atom stereocenters. The highest BCUT2D eigenvalue weighted by Gasteiger charge is 2.25. The molecule has 0 amide bonds. The molecular formula is C14H20N8. The summed E-state index contributed by atoms with van der Waals surface area (Å²) in [6, 6.07) is 2.06. The van der Waals surface area contributed by atoms with E-state index in [2.05, 4.69) is 26.5 Å². The van der Waals surface area contributed by atoms with E-state index in [-0.39, 0.29) is 5.41 Å². The van der Waals surface area contributed by atoms with E-state index in [0.717, 1.165) is 5.69 Å². The molecule has 2 rings (SSSR count). The molecule has 0 aliphatic rings. The van der Waals surface area contributed by atoms with Crippen LogP contribution < -0.4 is 5.73 Å². The molecule has 0 saturated carbocycles. The van der Waals surface area contributed by atoms with Crippen molar-refractivity contribution in [2.45, 2.75) is 39.7 Å². The molecule has 0 aromatic carbocycles. The van der Waals surface area contributed by atoms with Crippen LogP contribution in [0, 0.1) is 11.3 Å². The first-order valence-electron chi connectivity index (χ1n) is 7.00. The summed E-state index contributed by atoms with van der Waals surface area (Å²) in [6.45, 7) is 8.62. The van der Waals surface area contributed by atoms with Gasteiger partial charge in [-0.05, 0) is 6.92 Å². The monoisotopic (exact) mass is 300 g/mol. The summed E-state index contributed by atoms with van der Waals surface area (Å²) in [4.78, 5) is 0. The Kier molecular flexibility index (Phi) is 3.99. The van der Waals surface area contributed by atoms with Crippen LogP contribution in [-0.4, -0.2) is 19.6 Å². The summed E-state index contributed by atoms with van der Waals surface area (Å²) in [5, 5.41) is 26.1. The van der Waals surface area contributed by atoms with Crippen LogP contribution in [0.1, 0.15) is 39.0 Å². The average Bonchev–Trinajstić information content (AvgIpc) is 2.98. The molecule has 0 aliphatic carbocycles. The zero-order valence-electron chi connectivity index (χ0n) is 13.5. The van der Waals surface area contributed by atoms with Gasteiger partial charge in [-0.25, -0.2) is 4.68 Å². The van der Waals surface area contributed by atoms with E-state index in [0.29, 0.717) is 29.4 Å². The zero-order valence-corrected chi connectivity index (χ0v) is 13.5. The summed E-state index contributed by atoms with van der Waals surface area (Å²) >= 11 is 0. The Labute approximate surface area is 129 Å². The number of hydrogen-bond donors (Lipinski definition) is 1. The minimum Gasteiger partial charge on any atom is -0.382 e. The molecular weight excluding hydrogens is 280 g/mol. The second-order valence-electron chi connectivity index (χ2n) is 5.97. The molecule has 0 radical (unpaired) electrons. The molecule has 2 aromatic heterocycles. The highest BCUT2D eigenvalue weighted by atomic mass is 15.4. The summed E-state index contributed by atoms with van der Waals surface area (Å²) in [7, 11) is 1.76. The van der Waals surface area contributed by atoms with Gasteiger partial charge in [-0.2, -0.15) is 15.5 Å². The number of hydrogen-bond acceptors (Lipinski definition) is 6. The van der Waals surface area contributed by atoms with Crippen LogP contribution in [0.15, 0.2) is 16.4 Å². The first kappa shape index (κ1) is 15.7. The van der Waals surface area contributed by atoms with Crippen molar-refractivity contribution >= 4 is 17.3 Å². The molecule has 2 heterocycles. The van der Waals surface area contributed by atoms with Gasteiger partial charge in [0.05, 0.1) is 11.9 Å². The molecule has 2 aromatic rings. The van der Waals surface area contributed by atoms with E-state index >= 15 is 0 Å². The van der Waals surface area contributed by atoms with Gasteiger partial charge in [-0.15, -0.1) is 10.2 Å². The van der Waals surface area contributed by atoms with Gasteiger partial charge in [-0.1, -0.05) is 20.8 Å². The summed E-state index contributed by atoms with van der Waals surface area (Å²) in [5.41, 5.74) is 7.50. The van der Waals surface area contributed by atoms with Gasteiger partial charge in [-0.3, -0.25) is 4.68 Å². The molecule has 0 spiro atoms. The molecule has 0 aliphatic heterocycles. The lowest BCUT2D eigenvalue weighted by Crippen LogP contribution is -2.12. The van der Waals surface area contributed by atoms with Crippen molar-refractivity contribution in [3.8, 4) is 6.07 Å². The van der Waals surface area contributed by atoms with E-state index in [1.807, 2.05) is 27.7 Å². The Hall–Kier alpha value is -2.69. The van der Waals surface area contributed by atoms with Crippen LogP contribution >= 0.6 is 0 Å². The van der Waals surface area contributed by atoms with Gasteiger partial charge >= 0.3 is 0 Å². The van der Waals surface area contributed by atoms with Gasteiger partial charge in [0.1, 0.15) is 17.5 Å². The van der Waals surface area contributed by atoms with Crippen molar-refractivity contribution in [1.82, 2.24) is 19.6 Å². The van der Waals surface area contributed by atoms with Crippen LogP contribution in [0.4, 0.5) is 17.3 Å². The number of nitrogens with zero attached hydrogens (tertiary/aromatic N) is 7. The Bertz CT molecular complexity index is 751. The maximum absolute atomic E-state index is 9.12. The Morgan fingerprint density at radius 1 is 1.36 bits per heavy atom. The number of azo groups is 1. The van der Waals surface area contributed by atoms with Crippen LogP contribution in [0.3, 0.4) is 0 Å². The fourth-order valence-electron chi connectivity index (χ4n) is 2.02. The quantitative estimate of drug-likeness (QED) is 0.878. The number of nitrogen functional groups attached to an aromatic ring is 1. The Balaban J connectivity index is 2.52.